The molecule has 10 nitrogen and oxygen atoms in total. The Balaban J connectivity index is 1.64. The first-order valence-corrected chi connectivity index (χ1v) is 12.3. The summed E-state index contributed by atoms with van der Waals surface area (Å²) in [6.45, 7) is 4.07. The van der Waals surface area contributed by atoms with Gasteiger partial charge >= 0.3 is 12.1 Å². The fourth-order valence-corrected chi connectivity index (χ4v) is 4.47. The van der Waals surface area contributed by atoms with Crippen LogP contribution in [0.4, 0.5) is 24.7 Å². The van der Waals surface area contributed by atoms with Gasteiger partial charge in [0.05, 0.1) is 36.8 Å². The van der Waals surface area contributed by atoms with Crippen LogP contribution in [0.1, 0.15) is 44.8 Å². The number of nitriles is 1. The lowest BCUT2D eigenvalue weighted by molar-refractivity contribution is -0.206. The number of halogens is 3. The van der Waals surface area contributed by atoms with Gasteiger partial charge in [-0.2, -0.15) is 23.5 Å². The van der Waals surface area contributed by atoms with Crippen molar-refractivity contribution in [3.63, 3.8) is 0 Å². The molecule has 3 aromatic rings. The zero-order chi connectivity index (χ0) is 28.4. The fraction of sp³-hybridized carbons (Fsp3) is 0.462. The summed E-state index contributed by atoms with van der Waals surface area (Å²) in [6.07, 6.45) is -6.19. The molecule has 1 saturated heterocycles. The number of aliphatic hydroxyl groups is 1. The maximum atomic E-state index is 12.8. The first kappa shape index (κ1) is 28.1. The maximum Gasteiger partial charge on any atom is 0.418 e. The van der Waals surface area contributed by atoms with Crippen LogP contribution in [0.15, 0.2) is 41.3 Å². The highest BCUT2D eigenvalue weighted by Crippen LogP contribution is 2.38. The van der Waals surface area contributed by atoms with Gasteiger partial charge in [0.25, 0.3) is 5.56 Å². The summed E-state index contributed by atoms with van der Waals surface area (Å²) in [5, 5.41) is 26.8. The number of benzene rings is 1. The summed E-state index contributed by atoms with van der Waals surface area (Å²) in [4.78, 5) is 27.8. The van der Waals surface area contributed by atoms with E-state index in [0.717, 1.165) is 12.1 Å². The van der Waals surface area contributed by atoms with Crippen molar-refractivity contribution in [2.45, 2.75) is 57.0 Å². The molecule has 13 heteroatoms. The number of nitrogens with zero attached hydrogens (tertiary/aromatic N) is 3. The largest absolute Gasteiger partial charge is 0.463 e. The Labute approximate surface area is 221 Å². The molecule has 0 saturated carbocycles. The lowest BCUT2D eigenvalue weighted by Gasteiger charge is -2.38. The van der Waals surface area contributed by atoms with E-state index in [4.69, 9.17) is 9.47 Å². The molecule has 3 heterocycles. The number of alkyl halides is 3. The number of pyridine rings is 1. The van der Waals surface area contributed by atoms with E-state index in [1.807, 2.05) is 13.8 Å². The van der Waals surface area contributed by atoms with Crippen molar-refractivity contribution >= 4 is 28.4 Å². The van der Waals surface area contributed by atoms with E-state index in [9.17, 15) is 33.1 Å². The molecule has 208 valence electrons. The number of hydrogen-bond acceptors (Lipinski definition) is 8. The lowest BCUT2D eigenvalue weighted by atomic mass is 9.87. The number of hydrogen-bond donors (Lipinski definition) is 3. The zero-order valence-electron chi connectivity index (χ0n) is 21.3. The van der Waals surface area contributed by atoms with Gasteiger partial charge in [-0.1, -0.05) is 26.0 Å². The van der Waals surface area contributed by atoms with E-state index in [-0.39, 0.29) is 48.7 Å². The minimum absolute atomic E-state index is 0.0200. The zero-order valence-corrected chi connectivity index (χ0v) is 21.3. The number of rotatable bonds is 8. The summed E-state index contributed by atoms with van der Waals surface area (Å²) >= 11 is 0. The van der Waals surface area contributed by atoms with Crippen LogP contribution in [-0.4, -0.2) is 51.3 Å². The van der Waals surface area contributed by atoms with Crippen molar-refractivity contribution in [3.05, 3.63) is 52.4 Å². The van der Waals surface area contributed by atoms with Crippen LogP contribution in [0.2, 0.25) is 0 Å². The first-order chi connectivity index (χ1) is 18.4. The molecule has 1 aliphatic rings. The van der Waals surface area contributed by atoms with E-state index in [1.54, 1.807) is 10.7 Å². The molecule has 3 N–H and O–H groups in total. The molecule has 1 aliphatic heterocycles. The van der Waals surface area contributed by atoms with Crippen LogP contribution >= 0.6 is 0 Å². The molecular formula is C26H28F3N5O5. The molecule has 0 spiro atoms. The van der Waals surface area contributed by atoms with E-state index in [2.05, 4.69) is 21.5 Å². The Hall–Kier alpha value is -3.89. The molecule has 3 atom stereocenters. The van der Waals surface area contributed by atoms with Crippen LogP contribution in [0, 0.1) is 17.2 Å². The smallest absolute Gasteiger partial charge is 0.418 e. The summed E-state index contributed by atoms with van der Waals surface area (Å²) < 4.78 is 51.2. The number of carbonyl (C=O) groups is 1. The number of aliphatic hydroxyl groups excluding tert-OH is 1. The maximum absolute atomic E-state index is 12.8. The second-order valence-electron chi connectivity index (χ2n) is 9.94. The van der Waals surface area contributed by atoms with Crippen LogP contribution in [0.5, 0.6) is 0 Å². The number of H-pyrrole nitrogens is 1. The van der Waals surface area contributed by atoms with Crippen molar-refractivity contribution < 1.29 is 32.5 Å². The predicted molar refractivity (Wildman–Crippen MR) is 134 cm³/mol. The van der Waals surface area contributed by atoms with E-state index in [1.165, 1.54) is 18.3 Å². The predicted octanol–water partition coefficient (Wildman–Crippen LogP) is 4.05. The third-order valence-corrected chi connectivity index (χ3v) is 6.51. The van der Waals surface area contributed by atoms with Gasteiger partial charge in [-0.05, 0) is 42.5 Å². The fourth-order valence-electron chi connectivity index (χ4n) is 4.47. The SMILES string of the molecule is CC(C)COC(=O)C1CC[C@@](CC#N)(n2nc(Nc3ccc(C(O)C(F)(F)F)cc3)c3c(=O)[nH]ccc32)CO1. The van der Waals surface area contributed by atoms with Crippen molar-refractivity contribution in [1.29, 1.82) is 5.26 Å². The average Bonchev–Trinajstić information content (AvgIpc) is 3.27. The Morgan fingerprint density at radius 1 is 1.36 bits per heavy atom. The van der Waals surface area contributed by atoms with E-state index < -0.39 is 35.5 Å². The number of aromatic nitrogens is 3. The van der Waals surface area contributed by atoms with Crippen molar-refractivity contribution in [2.24, 2.45) is 5.92 Å². The van der Waals surface area contributed by atoms with Gasteiger partial charge in [0.1, 0.15) is 5.39 Å². The number of esters is 1. The van der Waals surface area contributed by atoms with Gasteiger partial charge in [0, 0.05) is 11.9 Å². The minimum Gasteiger partial charge on any atom is -0.463 e. The summed E-state index contributed by atoms with van der Waals surface area (Å²) in [7, 11) is 0. The monoisotopic (exact) mass is 547 g/mol. The molecule has 1 fully saturated rings. The number of nitrogens with one attached hydrogen (secondary N) is 2. The number of fused-ring (bicyclic) bond motifs is 1. The highest BCUT2D eigenvalue weighted by atomic mass is 19.4. The van der Waals surface area contributed by atoms with E-state index in [0.29, 0.717) is 17.6 Å². The normalized spacial score (nSPS) is 20.5. The molecule has 1 aromatic carbocycles. The average molecular weight is 548 g/mol. The topological polar surface area (TPSA) is 142 Å². The standard InChI is InChI=1S/C26H28F3N5O5/c1-15(2)13-38-24(37)19-7-9-25(10-11-30,14-39-19)34-18-8-12-31-23(36)20(18)22(33-34)32-17-5-3-16(4-6-17)21(35)26(27,28)29/h3-6,8,12,15,19,21,35H,7,9-10,13-14H2,1-2H3,(H,31,36)(H,32,33)/t19?,21?,25-/m0/s1. The molecular weight excluding hydrogens is 519 g/mol. The molecule has 0 amide bonds. The summed E-state index contributed by atoms with van der Waals surface area (Å²) in [5.74, 6) is -0.190. The number of carbonyl (C=O) groups excluding carboxylic acids is 1. The molecule has 4 rings (SSSR count). The van der Waals surface area contributed by atoms with Gasteiger partial charge in [0.2, 0.25) is 0 Å². The Kier molecular flexibility index (Phi) is 7.99. The third kappa shape index (κ3) is 5.91. The van der Waals surface area contributed by atoms with Crippen LogP contribution in [0.3, 0.4) is 0 Å². The van der Waals surface area contributed by atoms with Crippen molar-refractivity contribution in [1.82, 2.24) is 14.8 Å². The van der Waals surface area contributed by atoms with Gasteiger partial charge in [0.15, 0.2) is 18.0 Å². The van der Waals surface area contributed by atoms with Crippen LogP contribution < -0.4 is 10.9 Å². The number of aromatic amines is 1. The van der Waals surface area contributed by atoms with Gasteiger partial charge in [-0.3, -0.25) is 9.48 Å². The van der Waals surface area contributed by atoms with Gasteiger partial charge in [-0.15, -0.1) is 0 Å². The number of ether oxygens (including phenoxy) is 2. The van der Waals surface area contributed by atoms with Gasteiger partial charge in [-0.25, -0.2) is 4.79 Å². The molecule has 2 aromatic heterocycles. The third-order valence-electron chi connectivity index (χ3n) is 6.51. The summed E-state index contributed by atoms with van der Waals surface area (Å²) in [6, 6.07) is 8.67. The quantitative estimate of drug-likeness (QED) is 0.359. The minimum atomic E-state index is -4.81. The highest BCUT2D eigenvalue weighted by Gasteiger charge is 2.43. The lowest BCUT2D eigenvalue weighted by Crippen LogP contribution is -2.47. The Morgan fingerprint density at radius 2 is 2.08 bits per heavy atom. The summed E-state index contributed by atoms with van der Waals surface area (Å²) in [5.41, 5.74) is -1.06. The molecule has 0 bridgehead atoms. The second-order valence-corrected chi connectivity index (χ2v) is 9.94. The number of anilines is 2. The molecule has 0 aliphatic carbocycles. The van der Waals surface area contributed by atoms with E-state index >= 15 is 0 Å². The van der Waals surface area contributed by atoms with Crippen LogP contribution in [-0.2, 0) is 19.8 Å². The van der Waals surface area contributed by atoms with Crippen molar-refractivity contribution in [2.75, 3.05) is 18.5 Å². The first-order valence-electron chi connectivity index (χ1n) is 12.3. The molecule has 2 unspecified atom stereocenters. The highest BCUT2D eigenvalue weighted by molar-refractivity contribution is 5.91. The molecule has 39 heavy (non-hydrogen) atoms. The van der Waals surface area contributed by atoms with Crippen LogP contribution in [0.25, 0.3) is 10.9 Å². The Morgan fingerprint density at radius 3 is 2.67 bits per heavy atom. The Bertz CT molecular complexity index is 1420. The van der Waals surface area contributed by atoms with Gasteiger partial charge < -0.3 is 24.9 Å². The van der Waals surface area contributed by atoms with Crippen molar-refractivity contribution in [3.8, 4) is 6.07 Å². The molecule has 0 radical (unpaired) electrons. The second kappa shape index (κ2) is 11.1.